The van der Waals surface area contributed by atoms with Crippen LogP contribution >= 0.6 is 7.37 Å². The number of phenolic OH excluding ortho intramolecular Hbond substituents is 1. The molecule has 2 heterocycles. The Bertz CT molecular complexity index is 1000. The lowest BCUT2D eigenvalue weighted by molar-refractivity contribution is -0.136. The molecule has 5 atom stereocenters. The normalized spacial score (nSPS) is 33.8. The molecule has 5 unspecified atom stereocenters. The molecular formula is C22H28NO6P. The predicted molar refractivity (Wildman–Crippen MR) is 112 cm³/mol. The van der Waals surface area contributed by atoms with Gasteiger partial charge in [-0.2, -0.15) is 0 Å². The van der Waals surface area contributed by atoms with Crippen LogP contribution in [-0.2, 0) is 32.1 Å². The molecule has 4 aliphatic rings. The molecule has 1 fully saturated rings. The van der Waals surface area contributed by atoms with Crippen molar-refractivity contribution in [2.75, 3.05) is 26.9 Å². The summed E-state index contributed by atoms with van der Waals surface area (Å²) in [6.45, 7) is 4.12. The third-order valence-corrected chi connectivity index (χ3v) is 8.09. The van der Waals surface area contributed by atoms with Crippen LogP contribution in [0.3, 0.4) is 0 Å². The van der Waals surface area contributed by atoms with Crippen molar-refractivity contribution in [3.8, 4) is 11.5 Å². The number of rotatable bonds is 5. The average Bonchev–Trinajstić information content (AvgIpc) is 3.00. The summed E-state index contributed by atoms with van der Waals surface area (Å²) in [6.07, 6.45) is 5.41. The molecule has 2 N–H and O–H groups in total. The molecule has 5 rings (SSSR count). The van der Waals surface area contributed by atoms with Crippen molar-refractivity contribution >= 4 is 13.3 Å². The third-order valence-electron chi connectivity index (χ3n) is 7.34. The van der Waals surface area contributed by atoms with E-state index < -0.39 is 19.4 Å². The van der Waals surface area contributed by atoms with Crippen molar-refractivity contribution in [1.82, 2.24) is 4.90 Å². The molecule has 8 heteroatoms. The van der Waals surface area contributed by atoms with Gasteiger partial charge in [-0.05, 0) is 50.0 Å². The Hall–Kier alpha value is -1.82. The number of likely N-dealkylation sites (N-methyl/N-ethyl adjacent to an activating group) is 1. The fraction of sp³-hybridized carbons (Fsp3) is 0.591. The van der Waals surface area contributed by atoms with E-state index in [4.69, 9.17) is 9.26 Å². The lowest BCUT2D eigenvalue weighted by atomic mass is 9.53. The van der Waals surface area contributed by atoms with Crippen molar-refractivity contribution in [1.29, 1.82) is 0 Å². The highest BCUT2D eigenvalue weighted by Crippen LogP contribution is 2.64. The van der Waals surface area contributed by atoms with E-state index >= 15 is 0 Å². The zero-order valence-corrected chi connectivity index (χ0v) is 18.4. The number of carboxylic acid groups (broad SMARTS) is 1. The zero-order valence-electron chi connectivity index (χ0n) is 17.5. The number of piperidine rings is 1. The van der Waals surface area contributed by atoms with Crippen LogP contribution in [-0.4, -0.2) is 66.3 Å². The van der Waals surface area contributed by atoms with Gasteiger partial charge >= 0.3 is 5.97 Å². The van der Waals surface area contributed by atoms with E-state index in [0.29, 0.717) is 12.2 Å². The van der Waals surface area contributed by atoms with Gasteiger partial charge in [0.2, 0.25) is 0 Å². The largest absolute Gasteiger partial charge is 0.504 e. The van der Waals surface area contributed by atoms with E-state index in [9.17, 15) is 19.6 Å². The second-order valence-corrected chi connectivity index (χ2v) is 12.2. The standard InChI is InChI=1S/C22H28NO6P/c1-23-9-8-22-14-5-6-17(29-30(2,3)27)21(22)28-20-16(24)10-12(4-7-18(25)26)13(19(20)22)11-15(14)23/h5-6,10,14-15,17,21,24H,4,7-9,11H2,1-3H3,(H,25,26). The number of hydrogen-bond acceptors (Lipinski definition) is 6. The quantitative estimate of drug-likeness (QED) is 0.545. The Morgan fingerprint density at radius 2 is 2.17 bits per heavy atom. The molecule has 162 valence electrons. The Morgan fingerprint density at radius 3 is 2.87 bits per heavy atom. The number of hydrogen-bond donors (Lipinski definition) is 2. The van der Waals surface area contributed by atoms with Crippen LogP contribution in [0.4, 0.5) is 0 Å². The Morgan fingerprint density at radius 1 is 1.40 bits per heavy atom. The van der Waals surface area contributed by atoms with E-state index in [1.165, 1.54) is 0 Å². The first-order valence-corrected chi connectivity index (χ1v) is 13.0. The molecule has 1 saturated heterocycles. The Labute approximate surface area is 176 Å². The first kappa shape index (κ1) is 20.1. The number of aryl methyl sites for hydroxylation is 1. The fourth-order valence-corrected chi connectivity index (χ4v) is 6.99. The molecule has 2 aliphatic carbocycles. The monoisotopic (exact) mass is 433 g/mol. The highest BCUT2D eigenvalue weighted by atomic mass is 31.2. The minimum absolute atomic E-state index is 0.0208. The number of ether oxygens (including phenoxy) is 1. The lowest BCUT2D eigenvalue weighted by Gasteiger charge is -2.57. The Kier molecular flexibility index (Phi) is 4.41. The number of carboxylic acids is 1. The van der Waals surface area contributed by atoms with Gasteiger partial charge in [-0.1, -0.05) is 12.2 Å². The molecule has 0 saturated carbocycles. The first-order chi connectivity index (χ1) is 14.1. The topological polar surface area (TPSA) is 96.3 Å². The van der Waals surface area contributed by atoms with Gasteiger partial charge in [0.05, 0.1) is 0 Å². The maximum Gasteiger partial charge on any atom is 0.303 e. The molecule has 1 aromatic carbocycles. The highest BCUT2D eigenvalue weighted by molar-refractivity contribution is 7.57. The number of likely N-dealkylation sites (tertiary alicyclic amines) is 1. The van der Waals surface area contributed by atoms with E-state index in [-0.39, 0.29) is 35.6 Å². The summed E-state index contributed by atoms with van der Waals surface area (Å²) in [5.74, 6) is -0.0846. The summed E-state index contributed by atoms with van der Waals surface area (Å²) >= 11 is 0. The first-order valence-electron chi connectivity index (χ1n) is 10.5. The van der Waals surface area contributed by atoms with Gasteiger partial charge in [-0.15, -0.1) is 0 Å². The SMILES string of the molecule is CN1CCC23c4c5c(CCC(=O)O)cc(O)c4OC2C(OP(C)(C)=O)C=CC3C1C5. The molecule has 2 bridgehead atoms. The van der Waals surface area contributed by atoms with Crippen molar-refractivity contribution in [3.05, 3.63) is 34.9 Å². The van der Waals surface area contributed by atoms with E-state index in [0.717, 1.165) is 36.1 Å². The zero-order chi connectivity index (χ0) is 21.4. The number of benzene rings is 1. The van der Waals surface area contributed by atoms with Gasteiger partial charge < -0.3 is 24.4 Å². The molecule has 0 aromatic heterocycles. The summed E-state index contributed by atoms with van der Waals surface area (Å²) in [5.41, 5.74) is 2.68. The second kappa shape index (κ2) is 6.59. The summed E-state index contributed by atoms with van der Waals surface area (Å²) in [7, 11) is -0.621. The van der Waals surface area contributed by atoms with E-state index in [1.807, 2.05) is 6.08 Å². The van der Waals surface area contributed by atoms with Crippen LogP contribution in [0.5, 0.6) is 11.5 Å². The summed E-state index contributed by atoms with van der Waals surface area (Å²) in [4.78, 5) is 13.6. The van der Waals surface area contributed by atoms with Crippen molar-refractivity contribution in [2.45, 2.75) is 49.3 Å². The summed E-state index contributed by atoms with van der Waals surface area (Å²) in [6, 6.07) is 1.94. The van der Waals surface area contributed by atoms with Gasteiger partial charge in [-0.3, -0.25) is 9.36 Å². The number of nitrogens with zero attached hydrogens (tertiary/aromatic N) is 1. The lowest BCUT2D eigenvalue weighted by Crippen LogP contribution is -2.65. The molecule has 0 amide bonds. The van der Waals surface area contributed by atoms with Crippen LogP contribution in [0.2, 0.25) is 0 Å². The van der Waals surface area contributed by atoms with Crippen LogP contribution in [0.15, 0.2) is 18.2 Å². The highest BCUT2D eigenvalue weighted by Gasteiger charge is 2.65. The van der Waals surface area contributed by atoms with Crippen molar-refractivity contribution in [3.63, 3.8) is 0 Å². The maximum absolute atomic E-state index is 12.5. The molecule has 1 aromatic rings. The molecule has 0 radical (unpaired) electrons. The Balaban J connectivity index is 1.69. The number of carbonyl (C=O) groups is 1. The number of aliphatic carboxylic acids is 1. The molecular weight excluding hydrogens is 405 g/mol. The van der Waals surface area contributed by atoms with E-state index in [2.05, 4.69) is 18.0 Å². The minimum atomic E-state index is -2.75. The molecule has 30 heavy (non-hydrogen) atoms. The van der Waals surface area contributed by atoms with Gasteiger partial charge in [-0.25, -0.2) is 0 Å². The van der Waals surface area contributed by atoms with Gasteiger partial charge in [0.25, 0.3) is 0 Å². The molecule has 2 aliphatic heterocycles. The van der Waals surface area contributed by atoms with Crippen molar-refractivity contribution < 1.29 is 28.8 Å². The number of aromatic hydroxyl groups is 1. The van der Waals surface area contributed by atoms with Crippen LogP contribution in [0.1, 0.15) is 29.5 Å². The van der Waals surface area contributed by atoms with Gasteiger partial charge in [0.1, 0.15) is 12.2 Å². The summed E-state index contributed by atoms with van der Waals surface area (Å²) in [5, 5.41) is 20.0. The molecule has 1 spiro atoms. The minimum Gasteiger partial charge on any atom is -0.504 e. The van der Waals surface area contributed by atoms with Crippen LogP contribution in [0, 0.1) is 5.92 Å². The van der Waals surface area contributed by atoms with Crippen LogP contribution < -0.4 is 4.74 Å². The maximum atomic E-state index is 12.5. The smallest absolute Gasteiger partial charge is 0.303 e. The van der Waals surface area contributed by atoms with Crippen molar-refractivity contribution in [2.24, 2.45) is 5.92 Å². The molecule has 7 nitrogen and oxygen atoms in total. The average molecular weight is 433 g/mol. The number of phenols is 1. The summed E-state index contributed by atoms with van der Waals surface area (Å²) < 4.78 is 24.8. The fourth-order valence-electron chi connectivity index (χ4n) is 6.23. The third kappa shape index (κ3) is 2.79. The van der Waals surface area contributed by atoms with E-state index in [1.54, 1.807) is 19.4 Å². The second-order valence-electron chi connectivity index (χ2n) is 9.44. The predicted octanol–water partition coefficient (Wildman–Crippen LogP) is 2.78. The van der Waals surface area contributed by atoms with Gasteiger partial charge in [0.15, 0.2) is 18.9 Å². The van der Waals surface area contributed by atoms with Gasteiger partial charge in [0, 0.05) is 42.7 Å². The van der Waals surface area contributed by atoms with Crippen LogP contribution in [0.25, 0.3) is 0 Å².